The van der Waals surface area contributed by atoms with Crippen molar-refractivity contribution in [2.45, 2.75) is 12.6 Å². The Morgan fingerprint density at radius 1 is 1.23 bits per heavy atom. The number of aliphatic hydroxyl groups excluding tert-OH is 1. The number of methoxy groups -OCH3 is 1. The zero-order valence-electron chi connectivity index (χ0n) is 14.8. The van der Waals surface area contributed by atoms with Gasteiger partial charge in [0.2, 0.25) is 5.88 Å². The second kappa shape index (κ2) is 8.64. The number of ether oxygens (including phenoxy) is 1. The first-order chi connectivity index (χ1) is 12.7. The molecule has 3 aromatic rings. The minimum absolute atomic E-state index is 0.373. The van der Waals surface area contributed by atoms with Gasteiger partial charge in [-0.15, -0.1) is 11.3 Å². The van der Waals surface area contributed by atoms with Crippen LogP contribution < -0.4 is 15.4 Å². The lowest BCUT2D eigenvalue weighted by atomic mass is 10.2. The van der Waals surface area contributed by atoms with Crippen LogP contribution in [0.4, 0.5) is 0 Å². The average Bonchev–Trinajstić information content (AvgIpc) is 3.12. The van der Waals surface area contributed by atoms with Gasteiger partial charge in [0.1, 0.15) is 6.10 Å². The zero-order valence-corrected chi connectivity index (χ0v) is 15.6. The van der Waals surface area contributed by atoms with E-state index >= 15 is 0 Å². The first-order valence-electron chi connectivity index (χ1n) is 8.30. The van der Waals surface area contributed by atoms with E-state index in [1.165, 1.54) is 4.70 Å². The molecule has 0 aliphatic carbocycles. The van der Waals surface area contributed by atoms with Crippen molar-refractivity contribution in [3.05, 3.63) is 59.1 Å². The van der Waals surface area contributed by atoms with Crippen molar-refractivity contribution in [3.8, 4) is 5.88 Å². The maximum absolute atomic E-state index is 10.5. The number of pyridine rings is 1. The molecule has 0 fully saturated rings. The number of guanidine groups is 1. The summed E-state index contributed by atoms with van der Waals surface area (Å²) in [5.41, 5.74) is 0.845. The summed E-state index contributed by atoms with van der Waals surface area (Å²) in [6.45, 7) is 0.883. The van der Waals surface area contributed by atoms with Crippen molar-refractivity contribution in [2.75, 3.05) is 20.7 Å². The lowest BCUT2D eigenvalue weighted by Gasteiger charge is -2.14. The number of nitrogens with zero attached hydrogens (tertiary/aromatic N) is 2. The molecule has 136 valence electrons. The Morgan fingerprint density at radius 2 is 2.08 bits per heavy atom. The Labute approximate surface area is 156 Å². The lowest BCUT2D eigenvalue weighted by Crippen LogP contribution is -2.39. The smallest absolute Gasteiger partial charge is 0.213 e. The van der Waals surface area contributed by atoms with Crippen LogP contribution in [0.15, 0.2) is 53.5 Å². The number of aromatic nitrogens is 1. The van der Waals surface area contributed by atoms with E-state index in [4.69, 9.17) is 4.74 Å². The second-order valence-electron chi connectivity index (χ2n) is 5.68. The van der Waals surface area contributed by atoms with Gasteiger partial charge in [-0.05, 0) is 23.6 Å². The molecule has 1 atom stereocenters. The van der Waals surface area contributed by atoms with Gasteiger partial charge >= 0.3 is 0 Å². The summed E-state index contributed by atoms with van der Waals surface area (Å²) in [6, 6.07) is 15.8. The molecule has 0 amide bonds. The summed E-state index contributed by atoms with van der Waals surface area (Å²) in [6.07, 6.45) is -0.596. The number of thiophene rings is 1. The van der Waals surface area contributed by atoms with Crippen LogP contribution in [0.1, 0.15) is 16.7 Å². The third kappa shape index (κ3) is 4.50. The molecule has 3 rings (SSSR count). The monoisotopic (exact) mass is 370 g/mol. The normalized spacial score (nSPS) is 12.8. The van der Waals surface area contributed by atoms with Gasteiger partial charge in [0, 0.05) is 29.2 Å². The molecule has 0 saturated carbocycles. The van der Waals surface area contributed by atoms with Crippen molar-refractivity contribution < 1.29 is 9.84 Å². The standard InChI is InChI=1S/C19H22N4O2S/c1-20-19(21-11-14-7-5-9-18(23-14)25-2)22-12-15(24)17-10-13-6-3-4-8-16(13)26-17/h3-10,15,24H,11-12H2,1-2H3,(H2,20,21,22). The molecular formula is C19H22N4O2S. The van der Waals surface area contributed by atoms with Crippen LogP contribution in [0, 0.1) is 0 Å². The van der Waals surface area contributed by atoms with Gasteiger partial charge in [-0.3, -0.25) is 4.99 Å². The zero-order chi connectivity index (χ0) is 18.4. The number of hydrogen-bond donors (Lipinski definition) is 3. The number of fused-ring (bicyclic) bond motifs is 1. The summed E-state index contributed by atoms with van der Waals surface area (Å²) in [5.74, 6) is 1.18. The fraction of sp³-hybridized carbons (Fsp3) is 0.263. The molecule has 1 aromatic carbocycles. The summed E-state index contributed by atoms with van der Waals surface area (Å²) < 4.78 is 6.30. The van der Waals surface area contributed by atoms with E-state index in [9.17, 15) is 5.11 Å². The number of nitrogens with one attached hydrogen (secondary N) is 2. The summed E-state index contributed by atoms with van der Waals surface area (Å²) in [5, 5.41) is 17.9. The van der Waals surface area contributed by atoms with E-state index in [1.54, 1.807) is 31.6 Å². The molecule has 3 N–H and O–H groups in total. The van der Waals surface area contributed by atoms with Crippen LogP contribution >= 0.6 is 11.3 Å². The number of hydrogen-bond acceptors (Lipinski definition) is 5. The van der Waals surface area contributed by atoms with E-state index in [-0.39, 0.29) is 0 Å². The quantitative estimate of drug-likeness (QED) is 0.459. The van der Waals surface area contributed by atoms with Crippen molar-refractivity contribution >= 4 is 27.4 Å². The molecule has 0 aliphatic rings. The van der Waals surface area contributed by atoms with E-state index in [1.807, 2.05) is 30.3 Å². The topological polar surface area (TPSA) is 78.8 Å². The second-order valence-corrected chi connectivity index (χ2v) is 6.80. The molecule has 6 nitrogen and oxygen atoms in total. The lowest BCUT2D eigenvalue weighted by molar-refractivity contribution is 0.184. The Morgan fingerprint density at radius 3 is 2.85 bits per heavy atom. The van der Waals surface area contributed by atoms with Gasteiger partial charge in [0.15, 0.2) is 5.96 Å². The van der Waals surface area contributed by atoms with Gasteiger partial charge in [-0.2, -0.15) is 0 Å². The van der Waals surface area contributed by atoms with Gasteiger partial charge < -0.3 is 20.5 Å². The molecule has 0 spiro atoms. The first kappa shape index (κ1) is 18.2. The largest absolute Gasteiger partial charge is 0.481 e. The predicted molar refractivity (Wildman–Crippen MR) is 106 cm³/mol. The maximum atomic E-state index is 10.5. The summed E-state index contributed by atoms with van der Waals surface area (Å²) in [4.78, 5) is 9.47. The minimum atomic E-state index is -0.596. The molecule has 26 heavy (non-hydrogen) atoms. The molecule has 7 heteroatoms. The Hall–Kier alpha value is -2.64. The molecule has 0 aliphatic heterocycles. The number of aliphatic hydroxyl groups is 1. The number of aliphatic imine (C=N–C) groups is 1. The summed E-state index contributed by atoms with van der Waals surface area (Å²) in [7, 11) is 3.29. The van der Waals surface area contributed by atoms with E-state index in [0.717, 1.165) is 16.0 Å². The fourth-order valence-electron chi connectivity index (χ4n) is 2.53. The van der Waals surface area contributed by atoms with E-state index < -0.39 is 6.10 Å². The van der Waals surface area contributed by atoms with Crippen LogP contribution in [0.25, 0.3) is 10.1 Å². The molecule has 2 heterocycles. The highest BCUT2D eigenvalue weighted by atomic mass is 32.1. The molecule has 0 bridgehead atoms. The van der Waals surface area contributed by atoms with Crippen molar-refractivity contribution in [3.63, 3.8) is 0 Å². The third-order valence-electron chi connectivity index (χ3n) is 3.89. The summed E-state index contributed by atoms with van der Waals surface area (Å²) >= 11 is 1.60. The van der Waals surface area contributed by atoms with Gasteiger partial charge in [0.25, 0.3) is 0 Å². The molecule has 1 unspecified atom stereocenters. The highest BCUT2D eigenvalue weighted by molar-refractivity contribution is 7.19. The van der Waals surface area contributed by atoms with Gasteiger partial charge in [-0.1, -0.05) is 24.3 Å². The van der Waals surface area contributed by atoms with Gasteiger partial charge in [-0.25, -0.2) is 4.98 Å². The van der Waals surface area contributed by atoms with E-state index in [2.05, 4.69) is 32.7 Å². The average molecular weight is 370 g/mol. The highest BCUT2D eigenvalue weighted by Crippen LogP contribution is 2.29. The van der Waals surface area contributed by atoms with Crippen LogP contribution in [-0.4, -0.2) is 36.8 Å². The Bertz CT molecular complexity index is 861. The molecule has 2 aromatic heterocycles. The maximum Gasteiger partial charge on any atom is 0.213 e. The number of rotatable bonds is 6. The third-order valence-corrected chi connectivity index (χ3v) is 5.10. The molecule has 0 radical (unpaired) electrons. The van der Waals surface area contributed by atoms with E-state index in [0.29, 0.717) is 24.9 Å². The van der Waals surface area contributed by atoms with Crippen LogP contribution in [0.3, 0.4) is 0 Å². The van der Waals surface area contributed by atoms with Crippen LogP contribution in [0.5, 0.6) is 5.88 Å². The fourth-order valence-corrected chi connectivity index (χ4v) is 3.58. The molecule has 0 saturated heterocycles. The van der Waals surface area contributed by atoms with Crippen molar-refractivity contribution in [1.82, 2.24) is 15.6 Å². The first-order valence-corrected chi connectivity index (χ1v) is 9.12. The SMILES string of the molecule is CN=C(NCc1cccc(OC)n1)NCC(O)c1cc2ccccc2s1. The Kier molecular flexibility index (Phi) is 6.04. The highest BCUT2D eigenvalue weighted by Gasteiger charge is 2.12. The van der Waals surface area contributed by atoms with Gasteiger partial charge in [0.05, 0.1) is 19.3 Å². The molecular weight excluding hydrogens is 348 g/mol. The predicted octanol–water partition coefficient (Wildman–Crippen LogP) is 2.70. The van der Waals surface area contributed by atoms with Crippen LogP contribution in [-0.2, 0) is 6.54 Å². The number of benzene rings is 1. The van der Waals surface area contributed by atoms with Crippen LogP contribution in [0.2, 0.25) is 0 Å². The Balaban J connectivity index is 1.54. The van der Waals surface area contributed by atoms with Crippen molar-refractivity contribution in [2.24, 2.45) is 4.99 Å². The minimum Gasteiger partial charge on any atom is -0.481 e. The van der Waals surface area contributed by atoms with Crippen molar-refractivity contribution in [1.29, 1.82) is 0 Å².